The summed E-state index contributed by atoms with van der Waals surface area (Å²) in [6.45, 7) is 2.25. The number of aliphatic carboxylic acids is 1. The number of carboxylic acids is 1. The zero-order valence-corrected chi connectivity index (χ0v) is 23.5. The number of hydrogen-bond donors (Lipinski definition) is 4. The van der Waals surface area contributed by atoms with Crippen LogP contribution in [0.4, 0.5) is 4.79 Å². The molecule has 1 heterocycles. The Morgan fingerprint density at radius 1 is 0.905 bits per heavy atom. The van der Waals surface area contributed by atoms with Gasteiger partial charge in [0, 0.05) is 38.5 Å². The molecule has 42 heavy (non-hydrogen) atoms. The molecule has 220 valence electrons. The molecule has 3 aromatic rings. The second kappa shape index (κ2) is 13.2. The number of ether oxygens (including phenoxy) is 1. The van der Waals surface area contributed by atoms with Gasteiger partial charge in [0.05, 0.1) is 5.60 Å². The summed E-state index contributed by atoms with van der Waals surface area (Å²) >= 11 is 0. The molecule has 1 unspecified atom stereocenters. The van der Waals surface area contributed by atoms with Crippen molar-refractivity contribution in [2.24, 2.45) is 0 Å². The Morgan fingerprint density at radius 2 is 1.50 bits per heavy atom. The molecule has 4 N–H and O–H groups in total. The molecule has 0 saturated carbocycles. The first-order chi connectivity index (χ1) is 20.3. The number of rotatable bonds is 11. The molecule has 1 fully saturated rings. The van der Waals surface area contributed by atoms with Gasteiger partial charge in [-0.3, -0.25) is 14.5 Å². The number of hydrogen-bond acceptors (Lipinski definition) is 6. The van der Waals surface area contributed by atoms with Crippen LogP contribution in [0.15, 0.2) is 78.9 Å². The summed E-state index contributed by atoms with van der Waals surface area (Å²) < 4.78 is 5.57. The van der Waals surface area contributed by atoms with Crippen LogP contribution in [-0.2, 0) is 20.9 Å². The highest BCUT2D eigenvalue weighted by atomic mass is 16.5. The Balaban J connectivity index is 1.14. The number of piperidine rings is 1. The maximum Gasteiger partial charge on any atom is 0.407 e. The SMILES string of the molecule is O=C(O)CCC(NC(=O)OCC1c2ccccc2-c2ccccc21)C(=O)NCC1(O)CCN(Cc2ccccc2)CC1. The lowest BCUT2D eigenvalue weighted by Gasteiger charge is -2.38. The zero-order valence-electron chi connectivity index (χ0n) is 23.5. The van der Waals surface area contributed by atoms with Crippen molar-refractivity contribution in [1.82, 2.24) is 15.5 Å². The summed E-state index contributed by atoms with van der Waals surface area (Å²) in [6.07, 6.45) is -0.232. The fourth-order valence-electron chi connectivity index (χ4n) is 5.84. The lowest BCUT2D eigenvalue weighted by Crippen LogP contribution is -2.54. The number of amides is 2. The molecule has 3 aromatic carbocycles. The molecule has 2 aliphatic rings. The number of carbonyl (C=O) groups excluding carboxylic acids is 2. The van der Waals surface area contributed by atoms with E-state index in [0.29, 0.717) is 25.9 Å². The Kier molecular flexibility index (Phi) is 9.19. The molecular weight excluding hydrogens is 534 g/mol. The highest BCUT2D eigenvalue weighted by molar-refractivity contribution is 5.86. The quantitative estimate of drug-likeness (QED) is 0.275. The van der Waals surface area contributed by atoms with Crippen LogP contribution in [0.2, 0.25) is 0 Å². The van der Waals surface area contributed by atoms with Crippen molar-refractivity contribution in [3.63, 3.8) is 0 Å². The lowest BCUT2D eigenvalue weighted by molar-refractivity contribution is -0.137. The third kappa shape index (κ3) is 7.16. The summed E-state index contributed by atoms with van der Waals surface area (Å²) in [4.78, 5) is 39.4. The monoisotopic (exact) mass is 571 g/mol. The van der Waals surface area contributed by atoms with Crippen molar-refractivity contribution in [1.29, 1.82) is 0 Å². The predicted molar refractivity (Wildman–Crippen MR) is 158 cm³/mol. The summed E-state index contributed by atoms with van der Waals surface area (Å²) in [6, 6.07) is 25.0. The minimum Gasteiger partial charge on any atom is -0.481 e. The maximum atomic E-state index is 13.1. The van der Waals surface area contributed by atoms with Crippen molar-refractivity contribution < 1.29 is 29.3 Å². The lowest BCUT2D eigenvalue weighted by atomic mass is 9.91. The van der Waals surface area contributed by atoms with Crippen molar-refractivity contribution >= 4 is 18.0 Å². The van der Waals surface area contributed by atoms with Gasteiger partial charge in [-0.15, -0.1) is 0 Å². The van der Waals surface area contributed by atoms with E-state index >= 15 is 0 Å². The van der Waals surface area contributed by atoms with Crippen LogP contribution < -0.4 is 10.6 Å². The number of nitrogens with zero attached hydrogens (tertiary/aromatic N) is 1. The van der Waals surface area contributed by atoms with Crippen LogP contribution in [0.25, 0.3) is 11.1 Å². The molecular formula is C33H37N3O6. The Labute approximate surface area is 245 Å². The smallest absolute Gasteiger partial charge is 0.407 e. The number of alkyl carbamates (subject to hydrolysis) is 1. The topological polar surface area (TPSA) is 128 Å². The van der Waals surface area contributed by atoms with E-state index in [4.69, 9.17) is 4.74 Å². The molecule has 0 radical (unpaired) electrons. The molecule has 5 rings (SSSR count). The van der Waals surface area contributed by atoms with Gasteiger partial charge in [0.25, 0.3) is 0 Å². The number of likely N-dealkylation sites (tertiary alicyclic amines) is 1. The van der Waals surface area contributed by atoms with E-state index in [2.05, 4.69) is 27.7 Å². The van der Waals surface area contributed by atoms with Gasteiger partial charge in [0.1, 0.15) is 12.6 Å². The second-order valence-electron chi connectivity index (χ2n) is 11.2. The van der Waals surface area contributed by atoms with Crippen LogP contribution in [-0.4, -0.2) is 71.0 Å². The molecule has 1 aliphatic heterocycles. The third-order valence-corrected chi connectivity index (χ3v) is 8.23. The van der Waals surface area contributed by atoms with Crippen LogP contribution in [0, 0.1) is 0 Å². The average Bonchev–Trinajstić information content (AvgIpc) is 3.32. The molecule has 0 bridgehead atoms. The Bertz CT molecular complexity index is 1360. The number of carbonyl (C=O) groups is 3. The molecule has 9 heteroatoms. The van der Waals surface area contributed by atoms with Crippen molar-refractivity contribution in [2.75, 3.05) is 26.2 Å². The summed E-state index contributed by atoms with van der Waals surface area (Å²) in [5, 5.41) is 25.6. The van der Waals surface area contributed by atoms with E-state index in [-0.39, 0.29) is 31.9 Å². The predicted octanol–water partition coefficient (Wildman–Crippen LogP) is 3.90. The number of fused-ring (bicyclic) bond motifs is 3. The summed E-state index contributed by atoms with van der Waals surface area (Å²) in [5.41, 5.74) is 4.46. The first-order valence-corrected chi connectivity index (χ1v) is 14.4. The third-order valence-electron chi connectivity index (χ3n) is 8.23. The largest absolute Gasteiger partial charge is 0.481 e. The van der Waals surface area contributed by atoms with Crippen LogP contribution in [0.3, 0.4) is 0 Å². The number of aliphatic hydroxyl groups is 1. The molecule has 1 atom stereocenters. The van der Waals surface area contributed by atoms with Crippen LogP contribution in [0.5, 0.6) is 0 Å². The second-order valence-corrected chi connectivity index (χ2v) is 11.2. The van der Waals surface area contributed by atoms with Gasteiger partial charge in [-0.2, -0.15) is 0 Å². The van der Waals surface area contributed by atoms with Gasteiger partial charge in [-0.25, -0.2) is 4.79 Å². The zero-order chi connectivity index (χ0) is 29.5. The first-order valence-electron chi connectivity index (χ1n) is 14.4. The Morgan fingerprint density at radius 3 is 2.12 bits per heavy atom. The minimum absolute atomic E-state index is 0.0148. The average molecular weight is 572 g/mol. The highest BCUT2D eigenvalue weighted by Crippen LogP contribution is 2.44. The van der Waals surface area contributed by atoms with Gasteiger partial charge in [-0.1, -0.05) is 78.9 Å². The molecule has 0 spiro atoms. The minimum atomic E-state index is -1.11. The summed E-state index contributed by atoms with van der Waals surface area (Å²) in [5.74, 6) is -1.77. The van der Waals surface area contributed by atoms with Gasteiger partial charge in [-0.05, 0) is 47.1 Å². The van der Waals surface area contributed by atoms with E-state index in [1.807, 2.05) is 66.7 Å². The molecule has 0 aromatic heterocycles. The van der Waals surface area contributed by atoms with Crippen LogP contribution >= 0.6 is 0 Å². The molecule has 2 amide bonds. The van der Waals surface area contributed by atoms with E-state index < -0.39 is 29.6 Å². The van der Waals surface area contributed by atoms with E-state index in [9.17, 15) is 24.6 Å². The fraction of sp³-hybridized carbons (Fsp3) is 0.364. The first kappa shape index (κ1) is 29.3. The van der Waals surface area contributed by atoms with Crippen LogP contribution in [0.1, 0.15) is 48.3 Å². The van der Waals surface area contributed by atoms with E-state index in [0.717, 1.165) is 28.8 Å². The van der Waals surface area contributed by atoms with E-state index in [1.54, 1.807) is 0 Å². The highest BCUT2D eigenvalue weighted by Gasteiger charge is 2.34. The standard InChI is InChI=1S/C33H37N3O6/c37-30(38)15-14-29(31(39)34-22-33(41)16-18-36(19-17-33)20-23-8-2-1-3-9-23)35-32(40)42-21-28-26-12-6-4-10-24(26)25-11-5-7-13-27(25)28/h1-13,28-29,41H,14-22H2,(H,34,39)(H,35,40)(H,37,38). The van der Waals surface area contributed by atoms with Crippen molar-refractivity contribution in [2.45, 2.75) is 49.8 Å². The Hall–Kier alpha value is -4.21. The fourth-order valence-corrected chi connectivity index (χ4v) is 5.84. The van der Waals surface area contributed by atoms with Gasteiger partial charge in [0.15, 0.2) is 0 Å². The molecule has 1 saturated heterocycles. The maximum absolute atomic E-state index is 13.1. The number of carboxylic acid groups (broad SMARTS) is 1. The van der Waals surface area contributed by atoms with Gasteiger partial charge < -0.3 is 25.6 Å². The molecule has 1 aliphatic carbocycles. The molecule has 9 nitrogen and oxygen atoms in total. The summed E-state index contributed by atoms with van der Waals surface area (Å²) in [7, 11) is 0. The van der Waals surface area contributed by atoms with Gasteiger partial charge in [0.2, 0.25) is 5.91 Å². The van der Waals surface area contributed by atoms with Crippen molar-refractivity contribution in [3.8, 4) is 11.1 Å². The normalized spacial score (nSPS) is 16.6. The van der Waals surface area contributed by atoms with Crippen molar-refractivity contribution in [3.05, 3.63) is 95.6 Å². The van der Waals surface area contributed by atoms with E-state index in [1.165, 1.54) is 5.56 Å². The number of nitrogens with one attached hydrogen (secondary N) is 2. The van der Waals surface area contributed by atoms with Gasteiger partial charge >= 0.3 is 12.1 Å². The number of benzene rings is 3.